The number of anilines is 1. The van der Waals surface area contributed by atoms with E-state index in [9.17, 15) is 4.79 Å². The molecule has 6 nitrogen and oxygen atoms in total. The van der Waals surface area contributed by atoms with Crippen molar-refractivity contribution in [1.29, 1.82) is 0 Å². The average molecular weight is 346 g/mol. The molecular weight excluding hydrogens is 334 g/mol. The minimum atomic E-state index is -0.0942. The van der Waals surface area contributed by atoms with Crippen molar-refractivity contribution in [2.45, 2.75) is 12.8 Å². The SMILES string of the molecule is O=C(CCc1nc2ncc(Br)cc2[nH]1)Nc1ccccn1. The van der Waals surface area contributed by atoms with E-state index in [1.54, 1.807) is 24.5 Å². The second kappa shape index (κ2) is 6.01. The summed E-state index contributed by atoms with van der Waals surface area (Å²) in [5.74, 6) is 1.20. The van der Waals surface area contributed by atoms with E-state index in [2.05, 4.69) is 41.2 Å². The largest absolute Gasteiger partial charge is 0.341 e. The summed E-state index contributed by atoms with van der Waals surface area (Å²) < 4.78 is 0.887. The third kappa shape index (κ3) is 3.43. The first-order chi connectivity index (χ1) is 10.2. The Balaban J connectivity index is 1.62. The molecular formula is C14H12BrN5O. The molecule has 106 valence electrons. The Bertz CT molecular complexity index is 771. The van der Waals surface area contributed by atoms with Gasteiger partial charge in [-0.2, -0.15) is 0 Å². The normalized spacial score (nSPS) is 10.7. The van der Waals surface area contributed by atoms with Gasteiger partial charge in [0, 0.05) is 29.7 Å². The van der Waals surface area contributed by atoms with Crippen LogP contribution in [-0.4, -0.2) is 25.8 Å². The lowest BCUT2D eigenvalue weighted by atomic mass is 10.3. The first-order valence-electron chi connectivity index (χ1n) is 6.42. The van der Waals surface area contributed by atoms with Crippen molar-refractivity contribution in [3.63, 3.8) is 0 Å². The van der Waals surface area contributed by atoms with E-state index in [1.165, 1.54) is 0 Å². The molecule has 0 saturated heterocycles. The summed E-state index contributed by atoms with van der Waals surface area (Å²) in [6, 6.07) is 7.29. The maximum absolute atomic E-state index is 11.8. The number of carbonyl (C=O) groups is 1. The number of aryl methyl sites for hydroxylation is 1. The smallest absolute Gasteiger partial charge is 0.225 e. The third-order valence-electron chi connectivity index (χ3n) is 2.87. The molecule has 3 aromatic heterocycles. The molecule has 1 amide bonds. The molecule has 0 bridgehead atoms. The molecule has 21 heavy (non-hydrogen) atoms. The van der Waals surface area contributed by atoms with E-state index in [1.807, 2.05) is 12.1 Å². The first-order valence-corrected chi connectivity index (χ1v) is 7.21. The Hall–Kier alpha value is -2.28. The summed E-state index contributed by atoms with van der Waals surface area (Å²) in [4.78, 5) is 27.6. The summed E-state index contributed by atoms with van der Waals surface area (Å²) >= 11 is 3.36. The van der Waals surface area contributed by atoms with E-state index in [0.717, 1.165) is 15.8 Å². The number of nitrogens with zero attached hydrogens (tertiary/aromatic N) is 3. The molecule has 7 heteroatoms. The molecule has 0 aliphatic heterocycles. The third-order valence-corrected chi connectivity index (χ3v) is 3.31. The molecule has 0 aliphatic carbocycles. The van der Waals surface area contributed by atoms with Crippen LogP contribution in [-0.2, 0) is 11.2 Å². The zero-order valence-electron chi connectivity index (χ0n) is 11.0. The number of hydrogen-bond donors (Lipinski definition) is 2. The highest BCUT2D eigenvalue weighted by atomic mass is 79.9. The molecule has 0 fully saturated rings. The van der Waals surface area contributed by atoms with Gasteiger partial charge in [-0.3, -0.25) is 4.79 Å². The van der Waals surface area contributed by atoms with Crippen LogP contribution < -0.4 is 5.32 Å². The monoisotopic (exact) mass is 345 g/mol. The van der Waals surface area contributed by atoms with Crippen LogP contribution in [0.5, 0.6) is 0 Å². The number of fused-ring (bicyclic) bond motifs is 1. The van der Waals surface area contributed by atoms with Gasteiger partial charge in [0.15, 0.2) is 5.65 Å². The summed E-state index contributed by atoms with van der Waals surface area (Å²) in [6.07, 6.45) is 4.18. The Morgan fingerprint density at radius 2 is 2.24 bits per heavy atom. The van der Waals surface area contributed by atoms with E-state index in [4.69, 9.17) is 0 Å². The Kier molecular flexibility index (Phi) is 3.92. The van der Waals surface area contributed by atoms with Crippen LogP contribution in [0.3, 0.4) is 0 Å². The number of aromatic amines is 1. The number of nitrogens with one attached hydrogen (secondary N) is 2. The number of imidazole rings is 1. The number of H-pyrrole nitrogens is 1. The lowest BCUT2D eigenvalue weighted by molar-refractivity contribution is -0.116. The number of halogens is 1. The minimum Gasteiger partial charge on any atom is -0.341 e. The summed E-state index contributed by atoms with van der Waals surface area (Å²) in [7, 11) is 0. The van der Waals surface area contributed by atoms with Crippen LogP contribution in [0.1, 0.15) is 12.2 Å². The summed E-state index contributed by atoms with van der Waals surface area (Å²) in [5, 5.41) is 2.74. The van der Waals surface area contributed by atoms with Gasteiger partial charge in [-0.25, -0.2) is 15.0 Å². The average Bonchev–Trinajstić information content (AvgIpc) is 2.88. The van der Waals surface area contributed by atoms with Crippen molar-refractivity contribution in [1.82, 2.24) is 19.9 Å². The maximum Gasteiger partial charge on any atom is 0.225 e. The van der Waals surface area contributed by atoms with Gasteiger partial charge < -0.3 is 10.3 Å². The van der Waals surface area contributed by atoms with Gasteiger partial charge in [0.25, 0.3) is 0 Å². The van der Waals surface area contributed by atoms with Crippen LogP contribution >= 0.6 is 15.9 Å². The zero-order chi connectivity index (χ0) is 14.7. The van der Waals surface area contributed by atoms with E-state index < -0.39 is 0 Å². The van der Waals surface area contributed by atoms with Gasteiger partial charge >= 0.3 is 0 Å². The highest BCUT2D eigenvalue weighted by Gasteiger charge is 2.08. The van der Waals surface area contributed by atoms with Gasteiger partial charge in [-0.1, -0.05) is 6.07 Å². The molecule has 2 N–H and O–H groups in total. The van der Waals surface area contributed by atoms with Crippen LogP contribution in [0.2, 0.25) is 0 Å². The van der Waals surface area contributed by atoms with Gasteiger partial charge in [-0.15, -0.1) is 0 Å². The van der Waals surface area contributed by atoms with Crippen LogP contribution in [0.25, 0.3) is 11.2 Å². The van der Waals surface area contributed by atoms with E-state index in [0.29, 0.717) is 24.3 Å². The predicted octanol–water partition coefficient (Wildman–Crippen LogP) is 2.69. The predicted molar refractivity (Wildman–Crippen MR) is 82.8 cm³/mol. The van der Waals surface area contributed by atoms with Crippen LogP contribution in [0.15, 0.2) is 41.1 Å². The first kappa shape index (κ1) is 13.7. The number of hydrogen-bond acceptors (Lipinski definition) is 4. The van der Waals surface area contributed by atoms with Crippen molar-refractivity contribution >= 4 is 38.8 Å². The van der Waals surface area contributed by atoms with Crippen molar-refractivity contribution in [3.8, 4) is 0 Å². The second-order valence-corrected chi connectivity index (χ2v) is 5.39. The minimum absolute atomic E-state index is 0.0942. The zero-order valence-corrected chi connectivity index (χ0v) is 12.6. The molecule has 3 rings (SSSR count). The molecule has 0 radical (unpaired) electrons. The molecule has 0 aromatic carbocycles. The quantitative estimate of drug-likeness (QED) is 0.761. The molecule has 0 saturated carbocycles. The summed E-state index contributed by atoms with van der Waals surface area (Å²) in [5.41, 5.74) is 1.50. The number of carbonyl (C=O) groups excluding carboxylic acids is 1. The molecule has 0 unspecified atom stereocenters. The number of pyridine rings is 2. The highest BCUT2D eigenvalue weighted by molar-refractivity contribution is 9.10. The van der Waals surface area contributed by atoms with Crippen molar-refractivity contribution in [2.24, 2.45) is 0 Å². The maximum atomic E-state index is 11.8. The molecule has 0 aliphatic rings. The topological polar surface area (TPSA) is 83.6 Å². The Morgan fingerprint density at radius 3 is 3.05 bits per heavy atom. The highest BCUT2D eigenvalue weighted by Crippen LogP contribution is 2.15. The number of rotatable bonds is 4. The van der Waals surface area contributed by atoms with E-state index >= 15 is 0 Å². The fourth-order valence-corrected chi connectivity index (χ4v) is 2.25. The lowest BCUT2D eigenvalue weighted by Crippen LogP contribution is -2.13. The van der Waals surface area contributed by atoms with Crippen molar-refractivity contribution in [2.75, 3.05) is 5.32 Å². The van der Waals surface area contributed by atoms with Crippen LogP contribution in [0, 0.1) is 0 Å². The van der Waals surface area contributed by atoms with Gasteiger partial charge in [0.05, 0.1) is 5.52 Å². The van der Waals surface area contributed by atoms with Crippen molar-refractivity contribution in [3.05, 3.63) is 47.0 Å². The molecule has 3 heterocycles. The fraction of sp³-hybridized carbons (Fsp3) is 0.143. The standard InChI is InChI=1S/C14H12BrN5O/c15-9-7-10-14(17-8-9)20-12(18-10)4-5-13(21)19-11-3-1-2-6-16-11/h1-3,6-8H,4-5H2,(H,16,19,21)(H,17,18,20). The Morgan fingerprint density at radius 1 is 1.33 bits per heavy atom. The van der Waals surface area contributed by atoms with Gasteiger partial charge in [-0.05, 0) is 34.1 Å². The Labute approximate surface area is 129 Å². The van der Waals surface area contributed by atoms with Gasteiger partial charge in [0.2, 0.25) is 5.91 Å². The second-order valence-electron chi connectivity index (χ2n) is 4.47. The fourth-order valence-electron chi connectivity index (χ4n) is 1.92. The molecule has 0 spiro atoms. The summed E-state index contributed by atoms with van der Waals surface area (Å²) in [6.45, 7) is 0. The van der Waals surface area contributed by atoms with Crippen LogP contribution in [0.4, 0.5) is 5.82 Å². The molecule has 3 aromatic rings. The number of aromatic nitrogens is 4. The number of amides is 1. The van der Waals surface area contributed by atoms with E-state index in [-0.39, 0.29) is 5.91 Å². The molecule has 0 atom stereocenters. The lowest BCUT2D eigenvalue weighted by Gasteiger charge is -2.02. The van der Waals surface area contributed by atoms with Crippen molar-refractivity contribution < 1.29 is 4.79 Å². The van der Waals surface area contributed by atoms with Gasteiger partial charge in [0.1, 0.15) is 11.6 Å².